The van der Waals surface area contributed by atoms with Crippen LogP contribution < -0.4 is 15.8 Å². The molecule has 3 N–H and O–H groups in total. The third-order valence-electron chi connectivity index (χ3n) is 2.46. The minimum atomic E-state index is -0.537. The molecule has 0 fully saturated rings. The van der Waals surface area contributed by atoms with Gasteiger partial charge >= 0.3 is 0 Å². The van der Waals surface area contributed by atoms with Gasteiger partial charge in [0.25, 0.3) is 5.91 Å². The maximum absolute atomic E-state index is 11.7. The summed E-state index contributed by atoms with van der Waals surface area (Å²) >= 11 is 0. The minimum Gasteiger partial charge on any atom is -0.478 e. The molecule has 1 atom stereocenters. The van der Waals surface area contributed by atoms with E-state index in [-0.39, 0.29) is 5.91 Å². The number of nitrogens with one attached hydrogen (secondary N) is 1. The number of anilines is 1. The summed E-state index contributed by atoms with van der Waals surface area (Å²) < 4.78 is 5.60. The molecule has 0 aliphatic heterocycles. The Bertz CT molecular complexity index is 371. The number of nitrogen functional groups attached to an aromatic ring is 1. The molecule has 0 bridgehead atoms. The molecule has 0 aliphatic carbocycles. The molecule has 0 aromatic heterocycles. The van der Waals surface area contributed by atoms with E-state index < -0.39 is 6.10 Å². The summed E-state index contributed by atoms with van der Waals surface area (Å²) in [5, 5.41) is 2.79. The maximum atomic E-state index is 11.7. The molecule has 1 aromatic carbocycles. The Morgan fingerprint density at radius 2 is 2.24 bits per heavy atom. The Morgan fingerprint density at radius 3 is 2.82 bits per heavy atom. The predicted octanol–water partition coefficient (Wildman–Crippen LogP) is 1.87. The molecule has 1 amide bonds. The van der Waals surface area contributed by atoms with Crippen LogP contribution in [-0.4, -0.2) is 18.6 Å². The van der Waals surface area contributed by atoms with Crippen molar-refractivity contribution in [1.29, 1.82) is 0 Å². The van der Waals surface area contributed by atoms with Crippen LogP contribution in [0, 0.1) is 6.92 Å². The fraction of sp³-hybridized carbons (Fsp3) is 0.462. The van der Waals surface area contributed by atoms with Gasteiger partial charge in [-0.05, 0) is 31.9 Å². The van der Waals surface area contributed by atoms with Crippen LogP contribution in [0.3, 0.4) is 0 Å². The first kappa shape index (κ1) is 13.4. The highest BCUT2D eigenvalue weighted by Gasteiger charge is 2.16. The van der Waals surface area contributed by atoms with Crippen LogP contribution in [0.25, 0.3) is 0 Å². The van der Waals surface area contributed by atoms with Gasteiger partial charge in [-0.1, -0.05) is 19.1 Å². The van der Waals surface area contributed by atoms with Crippen molar-refractivity contribution in [3.05, 3.63) is 23.8 Å². The summed E-state index contributed by atoms with van der Waals surface area (Å²) in [5.74, 6) is 0.473. The lowest BCUT2D eigenvalue weighted by atomic mass is 10.2. The number of hydrogen-bond acceptors (Lipinski definition) is 3. The van der Waals surface area contributed by atoms with Crippen LogP contribution in [0.2, 0.25) is 0 Å². The van der Waals surface area contributed by atoms with Gasteiger partial charge in [0.15, 0.2) is 6.10 Å². The number of ether oxygens (including phenoxy) is 1. The number of rotatable bonds is 5. The number of aryl methyl sites for hydroxylation is 1. The summed E-state index contributed by atoms with van der Waals surface area (Å²) in [7, 11) is 0. The molecule has 1 unspecified atom stereocenters. The van der Waals surface area contributed by atoms with Gasteiger partial charge in [-0.2, -0.15) is 0 Å². The van der Waals surface area contributed by atoms with Gasteiger partial charge in [0.2, 0.25) is 0 Å². The Morgan fingerprint density at radius 1 is 1.53 bits per heavy atom. The highest BCUT2D eigenvalue weighted by atomic mass is 16.5. The number of para-hydroxylation sites is 1. The highest BCUT2D eigenvalue weighted by molar-refractivity contribution is 5.81. The van der Waals surface area contributed by atoms with Crippen molar-refractivity contribution in [1.82, 2.24) is 5.32 Å². The second-order valence-corrected chi connectivity index (χ2v) is 4.04. The van der Waals surface area contributed by atoms with Crippen LogP contribution in [0.15, 0.2) is 18.2 Å². The lowest BCUT2D eigenvalue weighted by molar-refractivity contribution is -0.127. The van der Waals surface area contributed by atoms with Gasteiger partial charge in [0, 0.05) is 6.54 Å². The lowest BCUT2D eigenvalue weighted by Gasteiger charge is -2.17. The third kappa shape index (κ3) is 3.66. The summed E-state index contributed by atoms with van der Waals surface area (Å²) in [6.07, 6.45) is 0.371. The summed E-state index contributed by atoms with van der Waals surface area (Å²) in [6.45, 7) is 6.29. The average Bonchev–Trinajstić information content (AvgIpc) is 2.30. The van der Waals surface area contributed by atoms with Gasteiger partial charge in [-0.15, -0.1) is 0 Å². The first-order valence-electron chi connectivity index (χ1n) is 5.85. The fourth-order valence-electron chi connectivity index (χ4n) is 1.46. The molecule has 0 spiro atoms. The van der Waals surface area contributed by atoms with Gasteiger partial charge in [0.05, 0.1) is 5.69 Å². The van der Waals surface area contributed by atoms with E-state index in [0.717, 1.165) is 12.0 Å². The zero-order valence-corrected chi connectivity index (χ0v) is 10.6. The molecule has 0 heterocycles. The molecule has 1 rings (SSSR count). The molecule has 1 aromatic rings. The first-order chi connectivity index (χ1) is 8.06. The lowest BCUT2D eigenvalue weighted by Crippen LogP contribution is -2.36. The van der Waals surface area contributed by atoms with Gasteiger partial charge in [-0.25, -0.2) is 0 Å². The number of benzene rings is 1. The number of nitrogens with two attached hydrogens (primary N) is 1. The Labute approximate surface area is 102 Å². The van der Waals surface area contributed by atoms with E-state index in [1.807, 2.05) is 26.0 Å². The predicted molar refractivity (Wildman–Crippen MR) is 69.0 cm³/mol. The van der Waals surface area contributed by atoms with Crippen LogP contribution in [-0.2, 0) is 4.79 Å². The van der Waals surface area contributed by atoms with E-state index in [1.54, 1.807) is 13.0 Å². The Balaban J connectivity index is 2.67. The fourth-order valence-corrected chi connectivity index (χ4v) is 1.46. The largest absolute Gasteiger partial charge is 0.478 e. The van der Waals surface area contributed by atoms with Crippen LogP contribution in [0.1, 0.15) is 25.8 Å². The van der Waals surface area contributed by atoms with Crippen molar-refractivity contribution in [2.75, 3.05) is 12.3 Å². The van der Waals surface area contributed by atoms with Crippen LogP contribution in [0.5, 0.6) is 5.75 Å². The van der Waals surface area contributed by atoms with Crippen molar-refractivity contribution < 1.29 is 9.53 Å². The Kier molecular flexibility index (Phi) is 4.82. The maximum Gasteiger partial charge on any atom is 0.260 e. The van der Waals surface area contributed by atoms with Crippen molar-refractivity contribution >= 4 is 11.6 Å². The van der Waals surface area contributed by atoms with Crippen molar-refractivity contribution in [2.24, 2.45) is 0 Å². The van der Waals surface area contributed by atoms with E-state index in [1.165, 1.54) is 0 Å². The molecule has 0 radical (unpaired) electrons. The minimum absolute atomic E-state index is 0.116. The quantitative estimate of drug-likeness (QED) is 0.767. The molecule has 94 valence electrons. The number of amides is 1. The topological polar surface area (TPSA) is 64.3 Å². The third-order valence-corrected chi connectivity index (χ3v) is 2.46. The van der Waals surface area contributed by atoms with E-state index in [9.17, 15) is 4.79 Å². The van der Waals surface area contributed by atoms with E-state index in [0.29, 0.717) is 18.0 Å². The monoisotopic (exact) mass is 236 g/mol. The number of carbonyl (C=O) groups excluding carboxylic acids is 1. The highest BCUT2D eigenvalue weighted by Crippen LogP contribution is 2.26. The zero-order valence-electron chi connectivity index (χ0n) is 10.6. The van der Waals surface area contributed by atoms with E-state index >= 15 is 0 Å². The second kappa shape index (κ2) is 6.13. The summed E-state index contributed by atoms with van der Waals surface area (Å²) in [6, 6.07) is 5.53. The molecular formula is C13H20N2O2. The molecule has 4 nitrogen and oxygen atoms in total. The number of carbonyl (C=O) groups is 1. The summed E-state index contributed by atoms with van der Waals surface area (Å²) in [5.41, 5.74) is 7.30. The average molecular weight is 236 g/mol. The van der Waals surface area contributed by atoms with E-state index in [2.05, 4.69) is 5.32 Å². The van der Waals surface area contributed by atoms with Gasteiger partial charge in [0.1, 0.15) is 5.75 Å². The molecule has 17 heavy (non-hydrogen) atoms. The number of hydrogen-bond donors (Lipinski definition) is 2. The molecular weight excluding hydrogens is 216 g/mol. The molecule has 0 saturated carbocycles. The smallest absolute Gasteiger partial charge is 0.260 e. The van der Waals surface area contributed by atoms with Crippen molar-refractivity contribution in [2.45, 2.75) is 33.3 Å². The van der Waals surface area contributed by atoms with E-state index in [4.69, 9.17) is 10.5 Å². The molecule has 0 aliphatic rings. The standard InChI is InChI=1S/C13H20N2O2/c1-4-8-15-13(16)10(3)17-12-9(2)6-5-7-11(12)14/h5-7,10H,4,8,14H2,1-3H3,(H,15,16). The van der Waals surface area contributed by atoms with Crippen molar-refractivity contribution in [3.63, 3.8) is 0 Å². The summed E-state index contributed by atoms with van der Waals surface area (Å²) in [4.78, 5) is 11.7. The van der Waals surface area contributed by atoms with Gasteiger partial charge in [-0.3, -0.25) is 4.79 Å². The van der Waals surface area contributed by atoms with Crippen LogP contribution >= 0.6 is 0 Å². The SMILES string of the molecule is CCCNC(=O)C(C)Oc1c(C)cccc1N. The molecule has 0 saturated heterocycles. The Hall–Kier alpha value is -1.71. The zero-order chi connectivity index (χ0) is 12.8. The normalized spacial score (nSPS) is 11.9. The van der Waals surface area contributed by atoms with Crippen LogP contribution in [0.4, 0.5) is 5.69 Å². The first-order valence-corrected chi connectivity index (χ1v) is 5.85. The van der Waals surface area contributed by atoms with Gasteiger partial charge < -0.3 is 15.8 Å². The second-order valence-electron chi connectivity index (χ2n) is 4.04. The van der Waals surface area contributed by atoms with Crippen molar-refractivity contribution in [3.8, 4) is 5.75 Å². The molecule has 4 heteroatoms.